The van der Waals surface area contributed by atoms with Gasteiger partial charge in [-0.2, -0.15) is 0 Å². The van der Waals surface area contributed by atoms with Crippen molar-refractivity contribution in [2.24, 2.45) is 11.7 Å². The maximum absolute atomic E-state index is 12.2. The average molecular weight is 244 g/mol. The number of carbonyl (C=O) groups excluding carboxylic acids is 1. The molecule has 102 valence electrons. The predicted molar refractivity (Wildman–Crippen MR) is 70.8 cm³/mol. The summed E-state index contributed by atoms with van der Waals surface area (Å²) >= 11 is 0. The first-order valence-corrected chi connectivity index (χ1v) is 6.48. The molecule has 2 N–H and O–H groups in total. The number of nitrogens with two attached hydrogens (primary N) is 1. The lowest BCUT2D eigenvalue weighted by Gasteiger charge is -2.31. The molecule has 0 radical (unpaired) electrons. The second kappa shape index (κ2) is 8.48. The van der Waals surface area contributed by atoms with E-state index in [0.29, 0.717) is 19.1 Å². The second-order valence-electron chi connectivity index (χ2n) is 5.02. The fourth-order valence-electron chi connectivity index (χ4n) is 1.78. The van der Waals surface area contributed by atoms with E-state index in [2.05, 4.69) is 27.7 Å². The topological polar surface area (TPSA) is 55.6 Å². The molecule has 0 aliphatic heterocycles. The van der Waals surface area contributed by atoms with Crippen LogP contribution in [0.5, 0.6) is 0 Å². The summed E-state index contributed by atoms with van der Waals surface area (Å²) in [7, 11) is 1.65. The monoisotopic (exact) mass is 244 g/mol. The van der Waals surface area contributed by atoms with Gasteiger partial charge in [0.2, 0.25) is 5.91 Å². The standard InChI is InChI=1S/C13H28N2O2/c1-6-11(4)15(7-8-17-5)13(16)12(14)9-10(2)3/h10-12H,6-9,14H2,1-5H3. The maximum atomic E-state index is 12.2. The Labute approximate surface area is 105 Å². The summed E-state index contributed by atoms with van der Waals surface area (Å²) in [6.45, 7) is 9.47. The van der Waals surface area contributed by atoms with Gasteiger partial charge >= 0.3 is 0 Å². The van der Waals surface area contributed by atoms with Crippen molar-refractivity contribution in [1.82, 2.24) is 4.90 Å². The molecular formula is C13H28N2O2. The van der Waals surface area contributed by atoms with Gasteiger partial charge in [0.05, 0.1) is 12.6 Å². The minimum absolute atomic E-state index is 0.0464. The minimum atomic E-state index is -0.388. The van der Waals surface area contributed by atoms with Crippen molar-refractivity contribution in [3.8, 4) is 0 Å². The molecule has 4 nitrogen and oxygen atoms in total. The first kappa shape index (κ1) is 16.4. The number of nitrogens with zero attached hydrogens (tertiary/aromatic N) is 1. The maximum Gasteiger partial charge on any atom is 0.239 e. The number of ether oxygens (including phenoxy) is 1. The molecule has 0 aliphatic carbocycles. The molecule has 1 amide bonds. The lowest BCUT2D eigenvalue weighted by atomic mass is 10.0. The summed E-state index contributed by atoms with van der Waals surface area (Å²) in [6, 6.07) is -0.170. The first-order chi connectivity index (χ1) is 7.93. The first-order valence-electron chi connectivity index (χ1n) is 6.48. The highest BCUT2D eigenvalue weighted by molar-refractivity contribution is 5.81. The molecule has 0 bridgehead atoms. The van der Waals surface area contributed by atoms with Crippen molar-refractivity contribution in [1.29, 1.82) is 0 Å². The van der Waals surface area contributed by atoms with Crippen LogP contribution in [0.15, 0.2) is 0 Å². The van der Waals surface area contributed by atoms with Crippen LogP contribution in [0.1, 0.15) is 40.5 Å². The third-order valence-corrected chi connectivity index (χ3v) is 2.98. The predicted octanol–water partition coefficient (Wildman–Crippen LogP) is 1.63. The van der Waals surface area contributed by atoms with Crippen LogP contribution < -0.4 is 5.73 Å². The molecule has 17 heavy (non-hydrogen) atoms. The molecule has 0 heterocycles. The summed E-state index contributed by atoms with van der Waals surface area (Å²) in [6.07, 6.45) is 1.67. The van der Waals surface area contributed by atoms with E-state index in [0.717, 1.165) is 12.8 Å². The molecule has 0 rings (SSSR count). The lowest BCUT2D eigenvalue weighted by Crippen LogP contribution is -2.49. The Morgan fingerprint density at radius 2 is 1.94 bits per heavy atom. The van der Waals surface area contributed by atoms with Crippen LogP contribution in [0.2, 0.25) is 0 Å². The lowest BCUT2D eigenvalue weighted by molar-refractivity contribution is -0.135. The fourth-order valence-corrected chi connectivity index (χ4v) is 1.78. The smallest absolute Gasteiger partial charge is 0.239 e. The van der Waals surface area contributed by atoms with E-state index in [1.807, 2.05) is 4.90 Å². The number of hydrogen-bond acceptors (Lipinski definition) is 3. The molecule has 0 saturated heterocycles. The Balaban J connectivity index is 4.50. The normalized spacial score (nSPS) is 14.8. The van der Waals surface area contributed by atoms with E-state index >= 15 is 0 Å². The van der Waals surface area contributed by atoms with Crippen LogP contribution >= 0.6 is 0 Å². The van der Waals surface area contributed by atoms with Crippen molar-refractivity contribution >= 4 is 5.91 Å². The Morgan fingerprint density at radius 3 is 2.35 bits per heavy atom. The molecular weight excluding hydrogens is 216 g/mol. The van der Waals surface area contributed by atoms with E-state index in [-0.39, 0.29) is 18.0 Å². The van der Waals surface area contributed by atoms with Gasteiger partial charge < -0.3 is 15.4 Å². The molecule has 0 aromatic heterocycles. The van der Waals surface area contributed by atoms with Crippen molar-refractivity contribution in [3.63, 3.8) is 0 Å². The van der Waals surface area contributed by atoms with Gasteiger partial charge in [0, 0.05) is 19.7 Å². The number of hydrogen-bond donors (Lipinski definition) is 1. The van der Waals surface area contributed by atoms with Crippen molar-refractivity contribution < 1.29 is 9.53 Å². The Morgan fingerprint density at radius 1 is 1.35 bits per heavy atom. The van der Waals surface area contributed by atoms with Gasteiger partial charge in [-0.15, -0.1) is 0 Å². The van der Waals surface area contributed by atoms with Crippen LogP contribution in [0.4, 0.5) is 0 Å². The summed E-state index contributed by atoms with van der Waals surface area (Å²) < 4.78 is 5.04. The molecule has 0 saturated carbocycles. The number of amides is 1. The molecule has 0 aromatic rings. The SMILES string of the molecule is CCC(C)N(CCOC)C(=O)C(N)CC(C)C. The van der Waals surface area contributed by atoms with Gasteiger partial charge in [0.25, 0.3) is 0 Å². The second-order valence-corrected chi connectivity index (χ2v) is 5.02. The van der Waals surface area contributed by atoms with Crippen LogP contribution in [0.25, 0.3) is 0 Å². The molecule has 2 unspecified atom stereocenters. The van der Waals surface area contributed by atoms with Crippen LogP contribution in [-0.2, 0) is 9.53 Å². The summed E-state index contributed by atoms with van der Waals surface area (Å²) in [5.41, 5.74) is 5.95. The van der Waals surface area contributed by atoms with E-state index in [1.165, 1.54) is 0 Å². The number of methoxy groups -OCH3 is 1. The van der Waals surface area contributed by atoms with Gasteiger partial charge in [-0.25, -0.2) is 0 Å². The zero-order chi connectivity index (χ0) is 13.4. The van der Waals surface area contributed by atoms with Crippen molar-refractivity contribution in [3.05, 3.63) is 0 Å². The van der Waals surface area contributed by atoms with Crippen molar-refractivity contribution in [2.45, 2.75) is 52.6 Å². The highest BCUT2D eigenvalue weighted by atomic mass is 16.5. The number of carbonyl (C=O) groups is 1. The van der Waals surface area contributed by atoms with Crippen LogP contribution in [-0.4, -0.2) is 43.2 Å². The number of rotatable bonds is 8. The molecule has 0 aliphatic rings. The molecule has 0 aromatic carbocycles. The Kier molecular flexibility index (Phi) is 8.17. The Bertz CT molecular complexity index is 219. The van der Waals surface area contributed by atoms with Gasteiger partial charge in [-0.3, -0.25) is 4.79 Å². The summed E-state index contributed by atoms with van der Waals surface area (Å²) in [5.74, 6) is 0.486. The Hall–Kier alpha value is -0.610. The highest BCUT2D eigenvalue weighted by Gasteiger charge is 2.24. The summed E-state index contributed by atoms with van der Waals surface area (Å²) in [4.78, 5) is 14.1. The molecule has 4 heteroatoms. The quantitative estimate of drug-likeness (QED) is 0.706. The zero-order valence-corrected chi connectivity index (χ0v) is 11.9. The minimum Gasteiger partial charge on any atom is -0.383 e. The fraction of sp³-hybridized carbons (Fsp3) is 0.923. The van der Waals surface area contributed by atoms with E-state index < -0.39 is 0 Å². The largest absolute Gasteiger partial charge is 0.383 e. The van der Waals surface area contributed by atoms with Gasteiger partial charge in [-0.1, -0.05) is 20.8 Å². The third kappa shape index (κ3) is 6.03. The average Bonchev–Trinajstić information content (AvgIpc) is 2.27. The molecule has 0 spiro atoms. The zero-order valence-electron chi connectivity index (χ0n) is 11.9. The van der Waals surface area contributed by atoms with Gasteiger partial charge in [0.15, 0.2) is 0 Å². The third-order valence-electron chi connectivity index (χ3n) is 2.98. The van der Waals surface area contributed by atoms with Crippen LogP contribution in [0, 0.1) is 5.92 Å². The molecule has 2 atom stereocenters. The van der Waals surface area contributed by atoms with E-state index in [4.69, 9.17) is 10.5 Å². The summed E-state index contributed by atoms with van der Waals surface area (Å²) in [5, 5.41) is 0. The highest BCUT2D eigenvalue weighted by Crippen LogP contribution is 2.10. The van der Waals surface area contributed by atoms with Crippen molar-refractivity contribution in [2.75, 3.05) is 20.3 Å². The van der Waals surface area contributed by atoms with Crippen LogP contribution in [0.3, 0.4) is 0 Å². The van der Waals surface area contributed by atoms with Gasteiger partial charge in [0.1, 0.15) is 0 Å². The molecule has 0 fully saturated rings. The van der Waals surface area contributed by atoms with E-state index in [1.54, 1.807) is 7.11 Å². The van der Waals surface area contributed by atoms with E-state index in [9.17, 15) is 4.79 Å². The van der Waals surface area contributed by atoms with Gasteiger partial charge in [-0.05, 0) is 25.7 Å².